The van der Waals surface area contributed by atoms with Gasteiger partial charge < -0.3 is 22.6 Å². The fourth-order valence-electron chi connectivity index (χ4n) is 5.73. The van der Waals surface area contributed by atoms with Crippen LogP contribution < -0.4 is 56.8 Å². The van der Waals surface area contributed by atoms with Crippen molar-refractivity contribution < 1.29 is 73.9 Å². The van der Waals surface area contributed by atoms with Gasteiger partial charge in [0.15, 0.2) is 0 Å². The Morgan fingerprint density at radius 1 is 0.974 bits per heavy atom. The number of fused-ring (bicyclic) bond motifs is 3. The number of piperazine rings is 1. The zero-order chi connectivity index (χ0) is 27.0. The molecule has 9 heteroatoms. The smallest absolute Gasteiger partial charge is 0.448 e. The standard InChI is InChI=1S/C30H29BF3N2O2.K/c1-4-23-20(2)22(17-29(21(23)3)31(32,33)34)18-35-13-15-36(16-14-35)30(37)38-19-28-26-11-7-5-9-24(26)25-10-6-8-12-27(25)28;/h1,5-12,17,28H,13-16,18-19H2,2-3H3;/q-1;+1. The number of benzene rings is 3. The van der Waals surface area contributed by atoms with Gasteiger partial charge in [0.1, 0.15) is 6.61 Å². The number of nitrogens with zero attached hydrogens (tertiary/aromatic N) is 2. The SMILES string of the molecule is C#Cc1c(C)c(CN2CCN(C(=O)OCC3c4ccccc4-c4ccccc43)CC2)cc([B-](F)(F)F)c1C.[K+]. The minimum absolute atomic E-state index is 0. The van der Waals surface area contributed by atoms with Crippen molar-refractivity contribution in [2.24, 2.45) is 0 Å². The maximum absolute atomic E-state index is 13.7. The Morgan fingerprint density at radius 3 is 2.08 bits per heavy atom. The molecule has 39 heavy (non-hydrogen) atoms. The van der Waals surface area contributed by atoms with Gasteiger partial charge in [0.05, 0.1) is 0 Å². The summed E-state index contributed by atoms with van der Waals surface area (Å²) in [6.07, 6.45) is 5.20. The van der Waals surface area contributed by atoms with Crippen molar-refractivity contribution in [2.45, 2.75) is 26.3 Å². The monoisotopic (exact) mass is 556 g/mol. The number of halogens is 3. The molecule has 0 unspecified atom stereocenters. The maximum atomic E-state index is 13.7. The van der Waals surface area contributed by atoms with E-state index in [4.69, 9.17) is 11.2 Å². The Kier molecular flexibility index (Phi) is 9.37. The van der Waals surface area contributed by atoms with Crippen molar-refractivity contribution >= 4 is 18.5 Å². The van der Waals surface area contributed by atoms with Gasteiger partial charge in [-0.1, -0.05) is 66.1 Å². The van der Waals surface area contributed by atoms with Crippen LogP contribution in [0.3, 0.4) is 0 Å². The van der Waals surface area contributed by atoms with Crippen LogP contribution in [-0.4, -0.2) is 55.7 Å². The van der Waals surface area contributed by atoms with E-state index in [0.717, 1.165) is 11.1 Å². The number of ether oxygens (including phenoxy) is 1. The fraction of sp³-hybridized carbons (Fsp3) is 0.300. The van der Waals surface area contributed by atoms with Crippen LogP contribution in [-0.2, 0) is 11.3 Å². The van der Waals surface area contributed by atoms with Gasteiger partial charge in [-0.2, -0.15) is 0 Å². The van der Waals surface area contributed by atoms with E-state index in [-0.39, 0.29) is 75.6 Å². The first kappa shape index (κ1) is 29.9. The topological polar surface area (TPSA) is 32.8 Å². The molecule has 1 aliphatic heterocycles. The summed E-state index contributed by atoms with van der Waals surface area (Å²) in [7, 11) is 0. The van der Waals surface area contributed by atoms with Crippen molar-refractivity contribution in [3.05, 3.63) is 88.0 Å². The zero-order valence-electron chi connectivity index (χ0n) is 22.5. The Bertz CT molecular complexity index is 1380. The minimum Gasteiger partial charge on any atom is -0.448 e. The largest absolute Gasteiger partial charge is 1.00 e. The van der Waals surface area contributed by atoms with E-state index in [9.17, 15) is 17.7 Å². The van der Waals surface area contributed by atoms with Crippen LogP contribution in [0.4, 0.5) is 17.7 Å². The van der Waals surface area contributed by atoms with Crippen LogP contribution in [0.5, 0.6) is 0 Å². The van der Waals surface area contributed by atoms with Crippen LogP contribution >= 0.6 is 0 Å². The predicted octanol–water partition coefficient (Wildman–Crippen LogP) is 2.41. The zero-order valence-corrected chi connectivity index (χ0v) is 25.6. The second-order valence-electron chi connectivity index (χ2n) is 10.0. The molecule has 1 heterocycles. The van der Waals surface area contributed by atoms with E-state index < -0.39 is 12.4 Å². The molecule has 3 aromatic rings. The van der Waals surface area contributed by atoms with E-state index in [1.54, 1.807) is 11.8 Å². The van der Waals surface area contributed by atoms with E-state index in [0.29, 0.717) is 49.4 Å². The molecular weight excluding hydrogens is 527 g/mol. The second-order valence-corrected chi connectivity index (χ2v) is 10.0. The fourth-order valence-corrected chi connectivity index (χ4v) is 5.73. The quantitative estimate of drug-likeness (QED) is 0.358. The van der Waals surface area contributed by atoms with Crippen molar-refractivity contribution in [1.82, 2.24) is 9.80 Å². The molecule has 0 spiro atoms. The average molecular weight is 556 g/mol. The van der Waals surface area contributed by atoms with Gasteiger partial charge in [-0.05, 0) is 47.2 Å². The molecular formula is C30H29BF3KN2O2. The van der Waals surface area contributed by atoms with Gasteiger partial charge in [-0.25, -0.2) is 4.79 Å². The Hall–Kier alpha value is -2.06. The normalized spacial score (nSPS) is 15.2. The Labute approximate surface area is 270 Å². The molecule has 0 bridgehead atoms. The molecule has 1 saturated heterocycles. The molecule has 3 aromatic carbocycles. The molecule has 0 atom stereocenters. The van der Waals surface area contributed by atoms with Gasteiger partial charge in [0.25, 0.3) is 0 Å². The van der Waals surface area contributed by atoms with Crippen molar-refractivity contribution in [2.75, 3.05) is 32.8 Å². The number of hydrogen-bond acceptors (Lipinski definition) is 3. The molecule has 196 valence electrons. The molecule has 1 aliphatic carbocycles. The second kappa shape index (κ2) is 12.2. The number of amides is 1. The number of rotatable bonds is 5. The summed E-state index contributed by atoms with van der Waals surface area (Å²) >= 11 is 0. The average Bonchev–Trinajstić information content (AvgIpc) is 3.22. The van der Waals surface area contributed by atoms with Crippen LogP contribution in [0.25, 0.3) is 11.1 Å². The number of hydrogen-bond donors (Lipinski definition) is 0. The summed E-state index contributed by atoms with van der Waals surface area (Å²) in [5.74, 6) is 2.44. The van der Waals surface area contributed by atoms with E-state index in [2.05, 4.69) is 35.1 Å². The molecule has 1 amide bonds. The Balaban J connectivity index is 0.00000353. The first-order valence-corrected chi connectivity index (χ1v) is 12.8. The van der Waals surface area contributed by atoms with Gasteiger partial charge in [0.2, 0.25) is 0 Å². The summed E-state index contributed by atoms with van der Waals surface area (Å²) in [5, 5.41) is 0. The van der Waals surface area contributed by atoms with Crippen molar-refractivity contribution in [3.8, 4) is 23.5 Å². The Morgan fingerprint density at radius 2 is 1.54 bits per heavy atom. The summed E-state index contributed by atoms with van der Waals surface area (Å²) in [5.41, 5.74) is 5.74. The van der Waals surface area contributed by atoms with Crippen LogP contribution in [0.2, 0.25) is 0 Å². The molecule has 0 radical (unpaired) electrons. The molecule has 0 aromatic heterocycles. The number of terminal acetylenes is 1. The first-order chi connectivity index (χ1) is 18.2. The molecule has 2 aliphatic rings. The van der Waals surface area contributed by atoms with E-state index >= 15 is 0 Å². The third-order valence-corrected chi connectivity index (χ3v) is 7.85. The van der Waals surface area contributed by atoms with Crippen molar-refractivity contribution in [1.29, 1.82) is 0 Å². The van der Waals surface area contributed by atoms with Gasteiger partial charge in [-0.3, -0.25) is 4.90 Å². The van der Waals surface area contributed by atoms with Crippen molar-refractivity contribution in [3.63, 3.8) is 0 Å². The van der Waals surface area contributed by atoms with Gasteiger partial charge >= 0.3 is 64.5 Å². The minimum atomic E-state index is -5.17. The molecule has 4 nitrogen and oxygen atoms in total. The number of carbonyl (C=O) groups is 1. The third-order valence-electron chi connectivity index (χ3n) is 7.85. The molecule has 5 rings (SSSR count). The first-order valence-electron chi connectivity index (χ1n) is 12.8. The summed E-state index contributed by atoms with van der Waals surface area (Å²) < 4.78 is 46.8. The summed E-state index contributed by atoms with van der Waals surface area (Å²) in [6.45, 7) is 0.606. The van der Waals surface area contributed by atoms with E-state index in [1.165, 1.54) is 24.1 Å². The third kappa shape index (κ3) is 6.02. The van der Waals surface area contributed by atoms with Gasteiger partial charge in [0, 0.05) is 44.2 Å². The molecule has 0 N–H and O–H groups in total. The van der Waals surface area contributed by atoms with Crippen LogP contribution in [0, 0.1) is 26.2 Å². The predicted molar refractivity (Wildman–Crippen MR) is 144 cm³/mol. The van der Waals surface area contributed by atoms with Crippen LogP contribution in [0.1, 0.15) is 39.3 Å². The summed E-state index contributed by atoms with van der Waals surface area (Å²) in [6, 6.07) is 17.6. The summed E-state index contributed by atoms with van der Waals surface area (Å²) in [4.78, 5) is 16.6. The number of carbonyl (C=O) groups excluding carboxylic acids is 1. The van der Waals surface area contributed by atoms with Crippen LogP contribution in [0.15, 0.2) is 54.6 Å². The molecule has 1 fully saturated rings. The van der Waals surface area contributed by atoms with Gasteiger partial charge in [-0.15, -0.1) is 11.9 Å². The van der Waals surface area contributed by atoms with E-state index in [1.807, 2.05) is 24.3 Å². The maximum Gasteiger partial charge on any atom is 1.00 e. The molecule has 0 saturated carbocycles.